The zero-order valence-electron chi connectivity index (χ0n) is 11.3. The SMILES string of the molecule is CCC(N)C(c1cccc(F)c1)N(C)C1CCC1. The van der Waals surface area contributed by atoms with Gasteiger partial charge in [-0.05, 0) is 44.0 Å². The van der Waals surface area contributed by atoms with E-state index >= 15 is 0 Å². The Morgan fingerprint density at radius 3 is 2.67 bits per heavy atom. The predicted octanol–water partition coefficient (Wildman–Crippen LogP) is 3.09. The minimum absolute atomic E-state index is 0.0531. The molecule has 0 spiro atoms. The van der Waals surface area contributed by atoms with Crippen LogP contribution in [0.15, 0.2) is 24.3 Å². The van der Waals surface area contributed by atoms with Gasteiger partial charge in [0.05, 0.1) is 0 Å². The Hall–Kier alpha value is -0.930. The fourth-order valence-electron chi connectivity index (χ4n) is 2.72. The number of nitrogens with zero attached hydrogens (tertiary/aromatic N) is 1. The average molecular weight is 250 g/mol. The largest absolute Gasteiger partial charge is 0.326 e. The zero-order chi connectivity index (χ0) is 13.1. The molecule has 2 N–H and O–H groups in total. The highest BCUT2D eigenvalue weighted by atomic mass is 19.1. The van der Waals surface area contributed by atoms with Crippen molar-refractivity contribution in [3.8, 4) is 0 Å². The smallest absolute Gasteiger partial charge is 0.123 e. The van der Waals surface area contributed by atoms with Gasteiger partial charge in [-0.25, -0.2) is 4.39 Å². The van der Waals surface area contributed by atoms with Crippen LogP contribution in [0.4, 0.5) is 4.39 Å². The van der Waals surface area contributed by atoms with Crippen LogP contribution in [0.25, 0.3) is 0 Å². The summed E-state index contributed by atoms with van der Waals surface area (Å²) in [4.78, 5) is 2.34. The molecule has 2 unspecified atom stereocenters. The molecule has 100 valence electrons. The van der Waals surface area contributed by atoms with Crippen LogP contribution in [0.1, 0.15) is 44.2 Å². The van der Waals surface area contributed by atoms with Crippen LogP contribution in [0.5, 0.6) is 0 Å². The summed E-state index contributed by atoms with van der Waals surface area (Å²) in [7, 11) is 2.12. The predicted molar refractivity (Wildman–Crippen MR) is 72.8 cm³/mol. The van der Waals surface area contributed by atoms with Crippen LogP contribution in [-0.2, 0) is 0 Å². The van der Waals surface area contributed by atoms with Gasteiger partial charge in [0, 0.05) is 18.1 Å². The molecule has 1 aliphatic carbocycles. The fourth-order valence-corrected chi connectivity index (χ4v) is 2.72. The minimum Gasteiger partial charge on any atom is -0.326 e. The number of hydrogen-bond donors (Lipinski definition) is 1. The molecule has 2 nitrogen and oxygen atoms in total. The van der Waals surface area contributed by atoms with Crippen LogP contribution in [0.2, 0.25) is 0 Å². The molecule has 2 rings (SSSR count). The van der Waals surface area contributed by atoms with Gasteiger partial charge in [-0.3, -0.25) is 4.90 Å². The Balaban J connectivity index is 2.23. The van der Waals surface area contributed by atoms with Gasteiger partial charge in [0.2, 0.25) is 0 Å². The summed E-state index contributed by atoms with van der Waals surface area (Å²) in [5, 5.41) is 0. The first kappa shape index (κ1) is 13.5. The standard InChI is InChI=1S/C15H23FN2/c1-3-14(17)15(18(2)13-8-5-9-13)11-6-4-7-12(16)10-11/h4,6-7,10,13-15H,3,5,8-9,17H2,1-2H3. The Labute approximate surface area is 109 Å². The number of nitrogens with two attached hydrogens (primary N) is 1. The van der Waals surface area contributed by atoms with E-state index in [0.717, 1.165) is 12.0 Å². The Morgan fingerprint density at radius 1 is 1.44 bits per heavy atom. The molecule has 18 heavy (non-hydrogen) atoms. The second-order valence-electron chi connectivity index (χ2n) is 5.32. The van der Waals surface area contributed by atoms with Gasteiger partial charge in [0.15, 0.2) is 0 Å². The number of benzene rings is 1. The monoisotopic (exact) mass is 250 g/mol. The molecule has 0 bridgehead atoms. The molecule has 0 saturated heterocycles. The molecule has 1 aromatic carbocycles. The normalized spacial score (nSPS) is 19.6. The quantitative estimate of drug-likeness (QED) is 0.870. The molecule has 1 aliphatic rings. The van der Waals surface area contributed by atoms with Crippen molar-refractivity contribution in [2.24, 2.45) is 5.73 Å². The Kier molecular flexibility index (Phi) is 4.36. The van der Waals surface area contributed by atoms with Gasteiger partial charge < -0.3 is 5.73 Å². The van der Waals surface area contributed by atoms with Crippen molar-refractivity contribution in [1.29, 1.82) is 0 Å². The lowest BCUT2D eigenvalue weighted by atomic mass is 9.87. The van der Waals surface area contributed by atoms with Crippen molar-refractivity contribution >= 4 is 0 Å². The van der Waals surface area contributed by atoms with Crippen molar-refractivity contribution in [3.63, 3.8) is 0 Å². The molecule has 2 atom stereocenters. The highest BCUT2D eigenvalue weighted by Crippen LogP contribution is 2.33. The van der Waals surface area contributed by atoms with E-state index in [1.807, 2.05) is 6.07 Å². The Bertz CT molecular complexity index is 390. The second-order valence-corrected chi connectivity index (χ2v) is 5.32. The van der Waals surface area contributed by atoms with Crippen molar-refractivity contribution < 1.29 is 4.39 Å². The first-order chi connectivity index (χ1) is 8.63. The summed E-state index contributed by atoms with van der Waals surface area (Å²) in [6.45, 7) is 2.09. The molecule has 3 heteroatoms. The second kappa shape index (κ2) is 5.81. The summed E-state index contributed by atoms with van der Waals surface area (Å²) in [6, 6.07) is 7.65. The van der Waals surface area contributed by atoms with E-state index in [9.17, 15) is 4.39 Å². The van der Waals surface area contributed by atoms with Crippen LogP contribution < -0.4 is 5.73 Å². The third-order valence-corrected chi connectivity index (χ3v) is 4.16. The number of hydrogen-bond acceptors (Lipinski definition) is 2. The zero-order valence-corrected chi connectivity index (χ0v) is 11.3. The topological polar surface area (TPSA) is 29.3 Å². The molecule has 0 amide bonds. The van der Waals surface area contributed by atoms with Crippen molar-refractivity contribution in [3.05, 3.63) is 35.6 Å². The van der Waals surface area contributed by atoms with Crippen LogP contribution in [0.3, 0.4) is 0 Å². The highest BCUT2D eigenvalue weighted by Gasteiger charge is 2.31. The van der Waals surface area contributed by atoms with Gasteiger partial charge in [-0.15, -0.1) is 0 Å². The highest BCUT2D eigenvalue weighted by molar-refractivity contribution is 5.22. The maximum atomic E-state index is 13.4. The molecule has 0 aliphatic heterocycles. The molecular weight excluding hydrogens is 227 g/mol. The summed E-state index contributed by atoms with van der Waals surface area (Å²) in [5.41, 5.74) is 7.25. The first-order valence-electron chi connectivity index (χ1n) is 6.86. The lowest BCUT2D eigenvalue weighted by Gasteiger charge is -2.42. The fraction of sp³-hybridized carbons (Fsp3) is 0.600. The minimum atomic E-state index is -0.178. The van der Waals surface area contributed by atoms with E-state index in [4.69, 9.17) is 5.73 Å². The van der Waals surface area contributed by atoms with E-state index in [1.54, 1.807) is 12.1 Å². The maximum Gasteiger partial charge on any atom is 0.123 e. The van der Waals surface area contributed by atoms with Crippen LogP contribution in [0, 0.1) is 5.82 Å². The van der Waals surface area contributed by atoms with Crippen molar-refractivity contribution in [1.82, 2.24) is 4.90 Å². The van der Waals surface area contributed by atoms with E-state index in [-0.39, 0.29) is 17.9 Å². The Morgan fingerprint density at radius 2 is 2.17 bits per heavy atom. The number of likely N-dealkylation sites (N-methyl/N-ethyl adjacent to an activating group) is 1. The summed E-state index contributed by atoms with van der Waals surface area (Å²) in [5.74, 6) is -0.178. The van der Waals surface area contributed by atoms with Gasteiger partial charge in [0.1, 0.15) is 5.82 Å². The van der Waals surface area contributed by atoms with E-state index in [2.05, 4.69) is 18.9 Å². The first-order valence-corrected chi connectivity index (χ1v) is 6.86. The molecule has 0 heterocycles. The average Bonchev–Trinajstić information content (AvgIpc) is 2.26. The maximum absolute atomic E-state index is 13.4. The van der Waals surface area contributed by atoms with Crippen LogP contribution >= 0.6 is 0 Å². The van der Waals surface area contributed by atoms with E-state index < -0.39 is 0 Å². The molecule has 1 saturated carbocycles. The van der Waals surface area contributed by atoms with Crippen molar-refractivity contribution in [2.75, 3.05) is 7.05 Å². The van der Waals surface area contributed by atoms with Gasteiger partial charge in [-0.2, -0.15) is 0 Å². The lowest BCUT2D eigenvalue weighted by Crippen LogP contribution is -2.46. The number of rotatable bonds is 5. The third kappa shape index (κ3) is 2.73. The lowest BCUT2D eigenvalue weighted by molar-refractivity contribution is 0.0937. The summed E-state index contributed by atoms with van der Waals surface area (Å²) in [6.07, 6.45) is 4.67. The molecule has 1 aromatic rings. The van der Waals surface area contributed by atoms with Gasteiger partial charge in [0.25, 0.3) is 0 Å². The molecule has 0 aromatic heterocycles. The van der Waals surface area contributed by atoms with E-state index in [0.29, 0.717) is 6.04 Å². The van der Waals surface area contributed by atoms with E-state index in [1.165, 1.54) is 25.3 Å². The summed E-state index contributed by atoms with van der Waals surface area (Å²) < 4.78 is 13.4. The van der Waals surface area contributed by atoms with Crippen LogP contribution in [-0.4, -0.2) is 24.0 Å². The van der Waals surface area contributed by atoms with Crippen molar-refractivity contribution in [2.45, 2.75) is 50.7 Å². The number of halogens is 1. The van der Waals surface area contributed by atoms with Gasteiger partial charge >= 0.3 is 0 Å². The third-order valence-electron chi connectivity index (χ3n) is 4.16. The molecular formula is C15H23FN2. The molecule has 1 fully saturated rings. The molecule has 0 radical (unpaired) electrons. The van der Waals surface area contributed by atoms with Gasteiger partial charge in [-0.1, -0.05) is 25.5 Å². The summed E-state index contributed by atoms with van der Waals surface area (Å²) >= 11 is 0.